The third-order valence-corrected chi connectivity index (χ3v) is 11.0. The van der Waals surface area contributed by atoms with E-state index in [0.29, 0.717) is 12.5 Å². The molecule has 0 aromatic heterocycles. The van der Waals surface area contributed by atoms with Crippen LogP contribution in [0, 0.1) is 0 Å². The lowest BCUT2D eigenvalue weighted by molar-refractivity contribution is 0.414. The van der Waals surface area contributed by atoms with Crippen LogP contribution in [0.2, 0.25) is 0 Å². The van der Waals surface area contributed by atoms with Crippen molar-refractivity contribution < 1.29 is 14.2 Å². The van der Waals surface area contributed by atoms with Crippen molar-refractivity contribution >= 4 is 16.0 Å². The molecular weight excluding hydrogens is 666 g/mol. The van der Waals surface area contributed by atoms with Gasteiger partial charge in [0.1, 0.15) is 17.2 Å². The number of benzene rings is 6. The molecule has 3 nitrogen and oxygen atoms in total. The molecule has 0 heterocycles. The third-order valence-electron chi connectivity index (χ3n) is 10.4. The summed E-state index contributed by atoms with van der Waals surface area (Å²) in [4.78, 5) is 0. The summed E-state index contributed by atoms with van der Waals surface area (Å²) >= 11 is 0. The molecule has 0 aliphatic rings. The van der Waals surface area contributed by atoms with Crippen LogP contribution in [0.25, 0.3) is 0 Å². The van der Waals surface area contributed by atoms with Crippen molar-refractivity contribution in [3.63, 3.8) is 0 Å². The Morgan fingerprint density at radius 2 is 0.868 bits per heavy atom. The lowest BCUT2D eigenvalue weighted by atomic mass is 9.34. The highest BCUT2D eigenvalue weighted by Crippen LogP contribution is 2.40. The quantitative estimate of drug-likeness (QED) is 0.0566. The van der Waals surface area contributed by atoms with E-state index in [1.165, 1.54) is 52.6 Å². The zero-order valence-corrected chi connectivity index (χ0v) is 32.9. The molecule has 5 heteroatoms. The first-order chi connectivity index (χ1) is 26.0. The smallest absolute Gasteiger partial charge is 0.157 e. The number of rotatable bonds is 16. The summed E-state index contributed by atoms with van der Waals surface area (Å²) in [6.07, 6.45) is 6.60. The van der Waals surface area contributed by atoms with Gasteiger partial charge in [-0.15, -0.1) is 9.24 Å². The molecule has 0 radical (unpaired) electrons. The minimum Gasteiger partial charge on any atom is -0.497 e. The fourth-order valence-corrected chi connectivity index (χ4v) is 8.16. The fraction of sp³-hybridized carbons (Fsp3) is 0.250. The number of unbranched alkanes of at least 4 members (excludes halogenated alkanes) is 1. The molecule has 272 valence electrons. The zero-order chi connectivity index (χ0) is 37.3. The van der Waals surface area contributed by atoms with Gasteiger partial charge in [0.2, 0.25) is 0 Å². The second-order valence-electron chi connectivity index (χ2n) is 13.6. The maximum atomic E-state index is 5.40. The second kappa shape index (κ2) is 20.5. The SMILES string of the molecule is CCCCC(B(Cc1ccc(OC)cc1)Cc1ccc(OC)cc1)c1ccc(OC)cc1.PCC(c1ccccc1)(c1ccccc1)c1ccccc1. The maximum Gasteiger partial charge on any atom is 0.157 e. The average molecular weight is 721 g/mol. The Morgan fingerprint density at radius 3 is 1.19 bits per heavy atom. The Hall–Kier alpha value is -4.79. The molecule has 6 aromatic rings. The Bertz CT molecular complexity index is 1740. The maximum absolute atomic E-state index is 5.40. The van der Waals surface area contributed by atoms with Crippen molar-refractivity contribution in [2.45, 2.75) is 50.1 Å². The van der Waals surface area contributed by atoms with E-state index in [9.17, 15) is 0 Å². The van der Waals surface area contributed by atoms with Gasteiger partial charge >= 0.3 is 0 Å². The van der Waals surface area contributed by atoms with Gasteiger partial charge in [-0.2, -0.15) is 0 Å². The van der Waals surface area contributed by atoms with E-state index in [1.807, 2.05) is 0 Å². The van der Waals surface area contributed by atoms with Gasteiger partial charge < -0.3 is 14.2 Å². The van der Waals surface area contributed by atoms with Crippen molar-refractivity contribution in [2.24, 2.45) is 0 Å². The summed E-state index contributed by atoms with van der Waals surface area (Å²) in [6.45, 7) is 2.75. The largest absolute Gasteiger partial charge is 0.497 e. The summed E-state index contributed by atoms with van der Waals surface area (Å²) < 4.78 is 16.1. The van der Waals surface area contributed by atoms with Crippen molar-refractivity contribution in [1.82, 2.24) is 0 Å². The van der Waals surface area contributed by atoms with E-state index in [-0.39, 0.29) is 5.41 Å². The molecule has 0 aliphatic carbocycles. The molecule has 0 saturated carbocycles. The van der Waals surface area contributed by atoms with Crippen LogP contribution >= 0.6 is 9.24 Å². The fourth-order valence-electron chi connectivity index (χ4n) is 7.46. The van der Waals surface area contributed by atoms with Gasteiger partial charge in [-0.3, -0.25) is 0 Å². The van der Waals surface area contributed by atoms with Crippen molar-refractivity contribution in [1.29, 1.82) is 0 Å². The van der Waals surface area contributed by atoms with Gasteiger partial charge in [-0.25, -0.2) is 0 Å². The molecule has 2 unspecified atom stereocenters. The molecule has 2 atom stereocenters. The lowest BCUT2D eigenvalue weighted by Crippen LogP contribution is -2.31. The monoisotopic (exact) mass is 720 g/mol. The van der Waals surface area contributed by atoms with Gasteiger partial charge in [0.05, 0.1) is 21.3 Å². The second-order valence-corrected chi connectivity index (χ2v) is 14.0. The summed E-state index contributed by atoms with van der Waals surface area (Å²) in [6, 6.07) is 58.0. The number of methoxy groups -OCH3 is 3. The highest BCUT2D eigenvalue weighted by atomic mass is 31.0. The van der Waals surface area contributed by atoms with Gasteiger partial charge in [0, 0.05) is 5.41 Å². The highest BCUT2D eigenvalue weighted by Gasteiger charge is 2.34. The predicted molar refractivity (Wildman–Crippen MR) is 228 cm³/mol. The van der Waals surface area contributed by atoms with Crippen LogP contribution in [0.4, 0.5) is 0 Å². The minimum absolute atomic E-state index is 0.117. The molecule has 0 bridgehead atoms. The van der Waals surface area contributed by atoms with Crippen LogP contribution in [-0.2, 0) is 18.1 Å². The molecule has 0 fully saturated rings. The van der Waals surface area contributed by atoms with E-state index in [4.69, 9.17) is 14.2 Å². The molecule has 6 aromatic carbocycles. The Balaban J connectivity index is 0.000000222. The van der Waals surface area contributed by atoms with E-state index in [2.05, 4.69) is 180 Å². The molecule has 53 heavy (non-hydrogen) atoms. The summed E-state index contributed by atoms with van der Waals surface area (Å²) in [5, 5.41) is 0. The van der Waals surface area contributed by atoms with Crippen LogP contribution in [0.3, 0.4) is 0 Å². The van der Waals surface area contributed by atoms with Gasteiger partial charge in [0.25, 0.3) is 0 Å². The molecule has 6 rings (SSSR count). The average Bonchev–Trinajstić information content (AvgIpc) is 3.23. The minimum atomic E-state index is -0.117. The van der Waals surface area contributed by atoms with E-state index >= 15 is 0 Å². The van der Waals surface area contributed by atoms with Crippen LogP contribution in [0.5, 0.6) is 17.2 Å². The van der Waals surface area contributed by atoms with Crippen LogP contribution in [-0.4, -0.2) is 34.2 Å². The molecule has 0 spiro atoms. The normalized spacial score (nSPS) is 11.5. The first kappa shape index (κ1) is 39.4. The predicted octanol–water partition coefficient (Wildman–Crippen LogP) is 11.5. The van der Waals surface area contributed by atoms with E-state index in [0.717, 1.165) is 36.1 Å². The van der Waals surface area contributed by atoms with Gasteiger partial charge in [-0.1, -0.05) is 170 Å². The van der Waals surface area contributed by atoms with Crippen LogP contribution in [0.1, 0.15) is 65.4 Å². The van der Waals surface area contributed by atoms with E-state index < -0.39 is 0 Å². The van der Waals surface area contributed by atoms with Gasteiger partial charge in [0.15, 0.2) is 6.71 Å². The van der Waals surface area contributed by atoms with Crippen molar-refractivity contribution in [3.8, 4) is 17.2 Å². The Morgan fingerprint density at radius 1 is 0.509 bits per heavy atom. The summed E-state index contributed by atoms with van der Waals surface area (Å²) in [7, 11) is 8.09. The molecular formula is C48H54BO3P. The van der Waals surface area contributed by atoms with Gasteiger partial charge in [-0.05, 0) is 77.7 Å². The first-order valence-corrected chi connectivity index (χ1v) is 19.6. The Kier molecular flexibility index (Phi) is 15.2. The van der Waals surface area contributed by atoms with Crippen molar-refractivity contribution in [2.75, 3.05) is 27.5 Å². The summed E-state index contributed by atoms with van der Waals surface area (Å²) in [5.41, 5.74) is 7.96. The lowest BCUT2D eigenvalue weighted by Gasteiger charge is -2.35. The van der Waals surface area contributed by atoms with E-state index in [1.54, 1.807) is 21.3 Å². The third kappa shape index (κ3) is 10.4. The zero-order valence-electron chi connectivity index (χ0n) is 31.8. The highest BCUT2D eigenvalue weighted by molar-refractivity contribution is 7.16. The standard InChI is InChI=1S/C28H35BO3.C20H19P/c1-5-6-7-28(24-12-18-27(32-4)19-13-24)29(20-22-8-14-25(30-2)15-9-22)21-23-10-16-26(31-3)17-11-23;21-16-20(17-10-4-1-5-11-17,18-12-6-2-7-13-18)19-14-8-3-9-15-19/h8-19,28H,5-7,20-21H2,1-4H3;1-15H,16,21H2. The number of hydrogen-bond acceptors (Lipinski definition) is 3. The van der Waals surface area contributed by atoms with Crippen LogP contribution in [0.15, 0.2) is 164 Å². The summed E-state index contributed by atoms with van der Waals surface area (Å²) in [5.74, 6) is 3.19. The van der Waals surface area contributed by atoms with Crippen molar-refractivity contribution in [3.05, 3.63) is 197 Å². The molecule has 0 aliphatic heterocycles. The first-order valence-electron chi connectivity index (χ1n) is 18.8. The molecule has 0 saturated heterocycles. The molecule has 0 N–H and O–H groups in total. The topological polar surface area (TPSA) is 27.7 Å². The number of ether oxygens (including phenoxy) is 3. The van der Waals surface area contributed by atoms with Crippen LogP contribution < -0.4 is 14.2 Å². The Labute approximate surface area is 321 Å². The number of hydrogen-bond donors (Lipinski definition) is 0. The molecule has 0 amide bonds.